The van der Waals surface area contributed by atoms with Gasteiger partial charge in [-0.25, -0.2) is 0 Å². The topological polar surface area (TPSA) is 41.6 Å². The molecule has 1 aliphatic rings. The zero-order valence-corrected chi connectivity index (χ0v) is 14.0. The van der Waals surface area contributed by atoms with Crippen LogP contribution in [0.15, 0.2) is 47.5 Å². The highest BCUT2D eigenvalue weighted by atomic mass is 32.2. The minimum Gasteiger partial charge on any atom is -0.265 e. The van der Waals surface area contributed by atoms with Crippen LogP contribution in [-0.2, 0) is 6.54 Å². The fraction of sp³-hybridized carbons (Fsp3) is 0.263. The second-order valence-corrected chi connectivity index (χ2v) is 8.26. The van der Waals surface area contributed by atoms with E-state index in [1.54, 1.807) is 0 Å². The van der Waals surface area contributed by atoms with E-state index in [4.69, 9.17) is 0 Å². The highest BCUT2D eigenvalue weighted by molar-refractivity contribution is 8.00. The van der Waals surface area contributed by atoms with E-state index in [0.717, 1.165) is 40.6 Å². The molecule has 0 amide bonds. The Hall–Kier alpha value is -2.25. The van der Waals surface area contributed by atoms with Crippen LogP contribution in [0.2, 0.25) is 0 Å². The highest BCUT2D eigenvalue weighted by Gasteiger charge is 2.28. The molecule has 3 aromatic rings. The number of fused-ring (bicyclic) bond motifs is 4. The van der Waals surface area contributed by atoms with Gasteiger partial charge in [-0.15, -0.1) is 11.8 Å². The molecule has 0 spiro atoms. The zero-order valence-electron chi connectivity index (χ0n) is 13.2. The van der Waals surface area contributed by atoms with Crippen molar-refractivity contribution in [3.05, 3.63) is 48.2 Å². The Labute approximate surface area is 139 Å². The molecule has 2 heterocycles. The molecule has 0 saturated carbocycles. The summed E-state index contributed by atoms with van der Waals surface area (Å²) >= 11 is 1.87. The van der Waals surface area contributed by atoms with Crippen molar-refractivity contribution in [2.75, 3.05) is 0 Å². The summed E-state index contributed by atoms with van der Waals surface area (Å²) in [6.07, 6.45) is 2.87. The minimum atomic E-state index is 0.105. The Balaban J connectivity index is 2.13. The average molecular weight is 319 g/mol. The summed E-state index contributed by atoms with van der Waals surface area (Å²) in [7, 11) is 0. The second-order valence-electron chi connectivity index (χ2n) is 6.51. The van der Waals surface area contributed by atoms with Crippen molar-refractivity contribution in [3.63, 3.8) is 0 Å². The lowest BCUT2D eigenvalue weighted by atomic mass is 9.97. The van der Waals surface area contributed by atoms with Gasteiger partial charge >= 0.3 is 0 Å². The molecule has 0 N–H and O–H groups in total. The number of hydrogen-bond acceptors (Lipinski definition) is 3. The largest absolute Gasteiger partial charge is 0.265 e. The molecule has 0 radical (unpaired) electrons. The molecule has 4 heteroatoms. The predicted octanol–water partition coefficient (Wildman–Crippen LogP) is 4.85. The lowest BCUT2D eigenvalue weighted by Gasteiger charge is -2.29. The maximum atomic E-state index is 9.86. The molecule has 0 atom stereocenters. The van der Waals surface area contributed by atoms with Crippen molar-refractivity contribution < 1.29 is 0 Å². The Morgan fingerprint density at radius 1 is 1.26 bits per heavy atom. The molecule has 1 aromatic heterocycles. The number of thioether (sulfide) groups is 1. The minimum absolute atomic E-state index is 0.105. The molecule has 23 heavy (non-hydrogen) atoms. The number of nitrogens with zero attached hydrogens (tertiary/aromatic N) is 3. The third-order valence-electron chi connectivity index (χ3n) is 4.41. The number of hydrogen-bond donors (Lipinski definition) is 0. The summed E-state index contributed by atoms with van der Waals surface area (Å²) in [6, 6.07) is 14.8. The number of benzene rings is 2. The van der Waals surface area contributed by atoms with E-state index in [1.807, 2.05) is 46.9 Å². The van der Waals surface area contributed by atoms with E-state index in [9.17, 15) is 5.26 Å². The Kier molecular flexibility index (Phi) is 3.21. The van der Waals surface area contributed by atoms with Crippen LogP contribution in [0.25, 0.3) is 22.0 Å². The summed E-state index contributed by atoms with van der Waals surface area (Å²) in [4.78, 5) is 1.17. The monoisotopic (exact) mass is 319 g/mol. The number of nitriles is 1. The molecule has 1 aliphatic heterocycles. The highest BCUT2D eigenvalue weighted by Crippen LogP contribution is 2.46. The standard InChI is InChI=1S/C19H17N3S/c1-19(2)8-10-22-16(7-9-21-22)18-15(12-20)14-6-4-3-5-13(14)11-17(18)23-19/h3-7,9,11H,8,10H2,1-2H3. The summed E-state index contributed by atoms with van der Waals surface area (Å²) < 4.78 is 2.14. The lowest BCUT2D eigenvalue weighted by molar-refractivity contribution is 0.517. The van der Waals surface area contributed by atoms with Gasteiger partial charge in [-0.3, -0.25) is 4.68 Å². The zero-order chi connectivity index (χ0) is 16.0. The number of aryl methyl sites for hydroxylation is 1. The molecule has 0 fully saturated rings. The van der Waals surface area contributed by atoms with Crippen LogP contribution in [-0.4, -0.2) is 14.5 Å². The molecular formula is C19H17N3S. The lowest BCUT2D eigenvalue weighted by Crippen LogP contribution is -2.21. The quantitative estimate of drug-likeness (QED) is 0.595. The third-order valence-corrected chi connectivity index (χ3v) is 5.71. The van der Waals surface area contributed by atoms with E-state index in [0.29, 0.717) is 0 Å². The van der Waals surface area contributed by atoms with Gasteiger partial charge in [-0.05, 0) is 23.9 Å². The van der Waals surface area contributed by atoms with Crippen molar-refractivity contribution in [1.29, 1.82) is 5.26 Å². The fourth-order valence-corrected chi connectivity index (χ4v) is 4.50. The summed E-state index contributed by atoms with van der Waals surface area (Å²) in [5.74, 6) is 0. The van der Waals surface area contributed by atoms with Gasteiger partial charge in [0.15, 0.2) is 0 Å². The Bertz CT molecular complexity index is 947. The first-order valence-electron chi connectivity index (χ1n) is 7.76. The molecule has 3 nitrogen and oxygen atoms in total. The van der Waals surface area contributed by atoms with Crippen molar-refractivity contribution in [2.45, 2.75) is 36.5 Å². The van der Waals surface area contributed by atoms with Gasteiger partial charge in [0.05, 0.1) is 11.3 Å². The Morgan fingerprint density at radius 2 is 2.09 bits per heavy atom. The van der Waals surface area contributed by atoms with E-state index in [2.05, 4.69) is 37.1 Å². The van der Waals surface area contributed by atoms with E-state index >= 15 is 0 Å². The molecule has 4 rings (SSSR count). The van der Waals surface area contributed by atoms with Crippen LogP contribution in [0.1, 0.15) is 25.8 Å². The van der Waals surface area contributed by atoms with Gasteiger partial charge < -0.3 is 0 Å². The average Bonchev–Trinajstić information content (AvgIpc) is 2.98. The van der Waals surface area contributed by atoms with Crippen LogP contribution in [0.4, 0.5) is 0 Å². The van der Waals surface area contributed by atoms with Gasteiger partial charge in [-0.2, -0.15) is 10.4 Å². The van der Waals surface area contributed by atoms with Crippen molar-refractivity contribution >= 4 is 22.5 Å². The second kappa shape index (κ2) is 5.14. The first kappa shape index (κ1) is 14.3. The maximum absolute atomic E-state index is 9.86. The van der Waals surface area contributed by atoms with Gasteiger partial charge in [0.25, 0.3) is 0 Å². The third kappa shape index (κ3) is 2.32. The molecular weight excluding hydrogens is 302 g/mol. The molecule has 0 bridgehead atoms. The normalized spacial score (nSPS) is 16.0. The van der Waals surface area contributed by atoms with Gasteiger partial charge in [0.2, 0.25) is 0 Å². The molecule has 2 aromatic carbocycles. The van der Waals surface area contributed by atoms with E-state index in [-0.39, 0.29) is 4.75 Å². The maximum Gasteiger partial charge on any atom is 0.101 e. The summed E-state index contributed by atoms with van der Waals surface area (Å²) in [6.45, 7) is 5.40. The summed E-state index contributed by atoms with van der Waals surface area (Å²) in [5.41, 5.74) is 2.83. The van der Waals surface area contributed by atoms with Gasteiger partial charge in [-0.1, -0.05) is 38.1 Å². The van der Waals surface area contributed by atoms with Crippen LogP contribution in [0.5, 0.6) is 0 Å². The number of aromatic nitrogens is 2. The van der Waals surface area contributed by atoms with Gasteiger partial charge in [0.1, 0.15) is 6.07 Å². The van der Waals surface area contributed by atoms with Crippen LogP contribution in [0.3, 0.4) is 0 Å². The van der Waals surface area contributed by atoms with Crippen molar-refractivity contribution in [1.82, 2.24) is 9.78 Å². The first-order valence-corrected chi connectivity index (χ1v) is 8.58. The molecule has 0 unspecified atom stereocenters. The smallest absolute Gasteiger partial charge is 0.101 e. The van der Waals surface area contributed by atoms with Gasteiger partial charge in [0, 0.05) is 33.3 Å². The van der Waals surface area contributed by atoms with Crippen LogP contribution in [0, 0.1) is 11.3 Å². The van der Waals surface area contributed by atoms with Crippen molar-refractivity contribution in [3.8, 4) is 17.3 Å². The van der Waals surface area contributed by atoms with Crippen molar-refractivity contribution in [2.24, 2.45) is 0 Å². The molecule has 114 valence electrons. The summed E-state index contributed by atoms with van der Waals surface area (Å²) in [5, 5.41) is 16.5. The SMILES string of the molecule is CC1(C)CCn2nccc2-c2c(cc3ccccc3c2C#N)S1. The number of rotatable bonds is 0. The molecule has 0 aliphatic carbocycles. The van der Waals surface area contributed by atoms with E-state index in [1.165, 1.54) is 4.90 Å². The van der Waals surface area contributed by atoms with E-state index < -0.39 is 0 Å². The first-order chi connectivity index (χ1) is 11.1. The fourth-order valence-electron chi connectivity index (χ4n) is 3.22. The Morgan fingerprint density at radius 3 is 2.91 bits per heavy atom. The predicted molar refractivity (Wildman–Crippen MR) is 94.4 cm³/mol. The molecule has 0 saturated heterocycles. The van der Waals surface area contributed by atoms with Crippen LogP contribution < -0.4 is 0 Å². The van der Waals surface area contributed by atoms with Crippen LogP contribution >= 0.6 is 11.8 Å².